The third kappa shape index (κ3) is 2.82. The maximum Gasteiger partial charge on any atom is 0.166 e. The van der Waals surface area contributed by atoms with E-state index in [1.807, 2.05) is 18.2 Å². The fourth-order valence-corrected chi connectivity index (χ4v) is 2.64. The van der Waals surface area contributed by atoms with Gasteiger partial charge >= 0.3 is 0 Å². The van der Waals surface area contributed by atoms with E-state index in [9.17, 15) is 4.39 Å². The highest BCUT2D eigenvalue weighted by Gasteiger charge is 2.21. The zero-order valence-electron chi connectivity index (χ0n) is 11.3. The van der Waals surface area contributed by atoms with Crippen molar-refractivity contribution in [3.05, 3.63) is 58.4 Å². The molecule has 3 nitrogen and oxygen atoms in total. The van der Waals surface area contributed by atoms with Crippen molar-refractivity contribution in [2.75, 3.05) is 13.2 Å². The zero-order valence-corrected chi connectivity index (χ0v) is 12.1. The number of hydrogen-bond acceptors (Lipinski definition) is 3. The lowest BCUT2D eigenvalue weighted by Gasteiger charge is -2.23. The van der Waals surface area contributed by atoms with Gasteiger partial charge in [-0.25, -0.2) is 4.39 Å². The number of para-hydroxylation sites is 1. The van der Waals surface area contributed by atoms with E-state index in [2.05, 4.69) is 0 Å². The van der Waals surface area contributed by atoms with Crippen LogP contribution in [0.1, 0.15) is 17.2 Å². The third-order valence-corrected chi connectivity index (χ3v) is 3.89. The molecule has 0 fully saturated rings. The Labute approximate surface area is 127 Å². The van der Waals surface area contributed by atoms with Crippen molar-refractivity contribution in [1.82, 2.24) is 0 Å². The van der Waals surface area contributed by atoms with Crippen LogP contribution in [0.5, 0.6) is 11.5 Å². The van der Waals surface area contributed by atoms with E-state index in [-0.39, 0.29) is 11.1 Å². The average molecular weight is 308 g/mol. The maximum atomic E-state index is 13.5. The predicted octanol–water partition coefficient (Wildman–Crippen LogP) is 3.49. The van der Waals surface area contributed by atoms with Gasteiger partial charge in [-0.05, 0) is 24.1 Å². The first-order valence-electron chi connectivity index (χ1n) is 6.74. The van der Waals surface area contributed by atoms with Crippen LogP contribution >= 0.6 is 11.6 Å². The molecule has 1 aliphatic rings. The van der Waals surface area contributed by atoms with Crippen LogP contribution in [0.25, 0.3) is 0 Å². The van der Waals surface area contributed by atoms with E-state index >= 15 is 0 Å². The molecule has 0 aromatic heterocycles. The van der Waals surface area contributed by atoms with Crippen molar-refractivity contribution in [3.8, 4) is 11.5 Å². The molecule has 0 aliphatic carbocycles. The minimum absolute atomic E-state index is 0.120. The first-order chi connectivity index (χ1) is 10.2. The summed E-state index contributed by atoms with van der Waals surface area (Å²) in [6.45, 7) is 1.03. The lowest BCUT2D eigenvalue weighted by atomic mass is 9.98. The Kier molecular flexibility index (Phi) is 3.99. The van der Waals surface area contributed by atoms with Gasteiger partial charge in [-0.15, -0.1) is 0 Å². The van der Waals surface area contributed by atoms with Crippen LogP contribution in [-0.4, -0.2) is 13.2 Å². The summed E-state index contributed by atoms with van der Waals surface area (Å²) in [5, 5.41) is 0.120. The van der Waals surface area contributed by atoms with Crippen LogP contribution in [0.4, 0.5) is 4.39 Å². The standard InChI is InChI=1S/C16H15ClFNO2/c17-15-10(3-1-5-12(15)18)9-13(19)11-4-2-6-14-16(11)21-8-7-20-14/h1-6,13H,7-9,19H2. The van der Waals surface area contributed by atoms with Crippen molar-refractivity contribution in [3.63, 3.8) is 0 Å². The molecule has 110 valence electrons. The molecule has 2 aromatic rings. The summed E-state index contributed by atoms with van der Waals surface area (Å²) >= 11 is 5.98. The van der Waals surface area contributed by atoms with Crippen LogP contribution < -0.4 is 15.2 Å². The normalized spacial score (nSPS) is 14.8. The van der Waals surface area contributed by atoms with Crippen LogP contribution in [0, 0.1) is 5.82 Å². The number of fused-ring (bicyclic) bond motifs is 1. The van der Waals surface area contributed by atoms with Crippen LogP contribution in [0.2, 0.25) is 5.02 Å². The largest absolute Gasteiger partial charge is 0.486 e. The summed E-state index contributed by atoms with van der Waals surface area (Å²) in [6, 6.07) is 10.0. The third-order valence-electron chi connectivity index (χ3n) is 3.47. The highest BCUT2D eigenvalue weighted by Crippen LogP contribution is 2.37. The number of benzene rings is 2. The Morgan fingerprint density at radius 1 is 1.14 bits per heavy atom. The summed E-state index contributed by atoms with van der Waals surface area (Å²) in [6.07, 6.45) is 0.427. The topological polar surface area (TPSA) is 44.5 Å². The van der Waals surface area contributed by atoms with Gasteiger partial charge < -0.3 is 15.2 Å². The van der Waals surface area contributed by atoms with Gasteiger partial charge in [-0.3, -0.25) is 0 Å². The predicted molar refractivity (Wildman–Crippen MR) is 79.5 cm³/mol. The molecule has 0 saturated carbocycles. The van der Waals surface area contributed by atoms with E-state index in [0.29, 0.717) is 36.7 Å². The van der Waals surface area contributed by atoms with Crippen molar-refractivity contribution < 1.29 is 13.9 Å². The molecule has 0 amide bonds. The second-order valence-electron chi connectivity index (χ2n) is 4.89. The van der Waals surface area contributed by atoms with Gasteiger partial charge in [0.15, 0.2) is 11.5 Å². The highest BCUT2D eigenvalue weighted by molar-refractivity contribution is 6.31. The number of halogens is 2. The lowest BCUT2D eigenvalue weighted by molar-refractivity contribution is 0.169. The van der Waals surface area contributed by atoms with Crippen molar-refractivity contribution in [2.45, 2.75) is 12.5 Å². The first kappa shape index (κ1) is 14.2. The Hall–Kier alpha value is -1.78. The van der Waals surface area contributed by atoms with E-state index in [1.54, 1.807) is 12.1 Å². The molecule has 1 heterocycles. The molecule has 0 bridgehead atoms. The van der Waals surface area contributed by atoms with Gasteiger partial charge in [0.2, 0.25) is 0 Å². The monoisotopic (exact) mass is 307 g/mol. The first-order valence-corrected chi connectivity index (χ1v) is 7.11. The summed E-state index contributed by atoms with van der Waals surface area (Å²) in [5.41, 5.74) is 7.77. The van der Waals surface area contributed by atoms with Gasteiger partial charge in [-0.2, -0.15) is 0 Å². The fraction of sp³-hybridized carbons (Fsp3) is 0.250. The van der Waals surface area contributed by atoms with E-state index in [1.165, 1.54) is 6.07 Å². The fourth-order valence-electron chi connectivity index (χ4n) is 2.44. The molecule has 2 aromatic carbocycles. The molecule has 0 radical (unpaired) electrons. The van der Waals surface area contributed by atoms with E-state index in [4.69, 9.17) is 26.8 Å². The molecule has 2 N–H and O–H groups in total. The lowest BCUT2D eigenvalue weighted by Crippen LogP contribution is -2.20. The Bertz CT molecular complexity index is 663. The van der Waals surface area contributed by atoms with Crippen molar-refractivity contribution >= 4 is 11.6 Å². The van der Waals surface area contributed by atoms with E-state index < -0.39 is 5.82 Å². The molecule has 1 atom stereocenters. The van der Waals surface area contributed by atoms with Gasteiger partial charge in [0.25, 0.3) is 0 Å². The molecule has 1 aliphatic heterocycles. The highest BCUT2D eigenvalue weighted by atomic mass is 35.5. The minimum Gasteiger partial charge on any atom is -0.486 e. The van der Waals surface area contributed by atoms with Gasteiger partial charge in [0, 0.05) is 11.6 Å². The van der Waals surface area contributed by atoms with Crippen LogP contribution in [0.15, 0.2) is 36.4 Å². The Balaban J connectivity index is 1.89. The zero-order chi connectivity index (χ0) is 14.8. The molecule has 3 rings (SSSR count). The van der Waals surface area contributed by atoms with Gasteiger partial charge in [0.1, 0.15) is 19.0 Å². The summed E-state index contributed by atoms with van der Waals surface area (Å²) in [7, 11) is 0. The number of nitrogens with two attached hydrogens (primary N) is 1. The summed E-state index contributed by atoms with van der Waals surface area (Å²) in [4.78, 5) is 0. The molecule has 21 heavy (non-hydrogen) atoms. The van der Waals surface area contributed by atoms with Crippen molar-refractivity contribution in [2.24, 2.45) is 5.73 Å². The molecular weight excluding hydrogens is 293 g/mol. The van der Waals surface area contributed by atoms with E-state index in [0.717, 1.165) is 5.56 Å². The van der Waals surface area contributed by atoms with Crippen LogP contribution in [0.3, 0.4) is 0 Å². The van der Waals surface area contributed by atoms with Crippen molar-refractivity contribution in [1.29, 1.82) is 0 Å². The second kappa shape index (κ2) is 5.92. The van der Waals surface area contributed by atoms with Crippen LogP contribution in [-0.2, 0) is 6.42 Å². The average Bonchev–Trinajstić information content (AvgIpc) is 2.51. The molecule has 5 heteroatoms. The minimum atomic E-state index is -0.434. The smallest absolute Gasteiger partial charge is 0.166 e. The second-order valence-corrected chi connectivity index (χ2v) is 5.27. The summed E-state index contributed by atoms with van der Waals surface area (Å²) in [5.74, 6) is 0.930. The molecule has 0 saturated heterocycles. The number of rotatable bonds is 3. The van der Waals surface area contributed by atoms with Gasteiger partial charge in [-0.1, -0.05) is 35.9 Å². The Morgan fingerprint density at radius 2 is 1.90 bits per heavy atom. The maximum absolute atomic E-state index is 13.5. The summed E-state index contributed by atoms with van der Waals surface area (Å²) < 4.78 is 24.7. The van der Waals surface area contributed by atoms with Gasteiger partial charge in [0.05, 0.1) is 5.02 Å². The quantitative estimate of drug-likeness (QED) is 0.944. The number of ether oxygens (including phenoxy) is 2. The molecular formula is C16H15ClFNO2. The number of hydrogen-bond donors (Lipinski definition) is 1. The Morgan fingerprint density at radius 3 is 2.76 bits per heavy atom. The SMILES string of the molecule is NC(Cc1cccc(F)c1Cl)c1cccc2c1OCCO2. The molecule has 1 unspecified atom stereocenters. The molecule has 0 spiro atoms.